The molecule has 0 spiro atoms. The van der Waals surface area contributed by atoms with Gasteiger partial charge in [-0.15, -0.1) is 0 Å². The van der Waals surface area contributed by atoms with Crippen LogP contribution >= 0.6 is 0 Å². The Morgan fingerprint density at radius 1 is 1.35 bits per heavy atom. The quantitative estimate of drug-likeness (QED) is 0.630. The minimum Gasteiger partial charge on any atom is -0.478 e. The molecule has 0 aliphatic carbocycles. The number of non-ortho nitro benzene ring substituents is 1. The summed E-state index contributed by atoms with van der Waals surface area (Å²) in [6.45, 7) is 3.73. The van der Waals surface area contributed by atoms with E-state index in [4.69, 9.17) is 4.74 Å². The zero-order chi connectivity index (χ0) is 16.6. The molecule has 3 rings (SSSR count). The van der Waals surface area contributed by atoms with Crippen LogP contribution in [-0.4, -0.2) is 48.0 Å². The highest BCUT2D eigenvalue weighted by Gasteiger charge is 2.39. The first-order valence-electron chi connectivity index (χ1n) is 7.98. The lowest BCUT2D eigenvalue weighted by Gasteiger charge is -2.41. The highest BCUT2D eigenvalue weighted by Crippen LogP contribution is 2.40. The number of carbonyl (C=O) groups excluding carboxylic acids is 1. The minimum atomic E-state index is -0.511. The number of fused-ring (bicyclic) bond motifs is 1. The molecule has 7 nitrogen and oxygen atoms in total. The standard InChI is InChI=1S/C16H21N3O4/c1-3-14-16(20)18(11-6-8-17(2)9-7-11)13-10-12(19(21)22)4-5-15(13)23-14/h4-5,10-11,14H,3,6-9H2,1-2H3. The van der Waals surface area contributed by atoms with Crippen LogP contribution in [0.3, 0.4) is 0 Å². The Morgan fingerprint density at radius 3 is 2.65 bits per heavy atom. The first-order valence-corrected chi connectivity index (χ1v) is 7.98. The van der Waals surface area contributed by atoms with Gasteiger partial charge in [-0.1, -0.05) is 6.92 Å². The van der Waals surface area contributed by atoms with E-state index in [0.29, 0.717) is 17.9 Å². The summed E-state index contributed by atoms with van der Waals surface area (Å²) in [6.07, 6.45) is 1.80. The SMILES string of the molecule is CCC1Oc2ccc([N+](=O)[O-])cc2N(C2CCN(C)CC2)C1=O. The normalized spacial score (nSPS) is 22.6. The number of ether oxygens (including phenoxy) is 1. The largest absolute Gasteiger partial charge is 0.478 e. The van der Waals surface area contributed by atoms with E-state index in [9.17, 15) is 14.9 Å². The fourth-order valence-corrected chi connectivity index (χ4v) is 3.27. The molecule has 23 heavy (non-hydrogen) atoms. The molecule has 1 saturated heterocycles. The van der Waals surface area contributed by atoms with E-state index in [0.717, 1.165) is 25.9 Å². The average molecular weight is 319 g/mol. The first kappa shape index (κ1) is 15.7. The molecule has 1 atom stereocenters. The van der Waals surface area contributed by atoms with Crippen molar-refractivity contribution in [3.63, 3.8) is 0 Å². The Hall–Kier alpha value is -2.15. The second kappa shape index (κ2) is 6.16. The smallest absolute Gasteiger partial charge is 0.271 e. The van der Waals surface area contributed by atoms with E-state index in [2.05, 4.69) is 11.9 Å². The number of hydrogen-bond donors (Lipinski definition) is 0. The van der Waals surface area contributed by atoms with Gasteiger partial charge in [-0.05, 0) is 45.5 Å². The maximum atomic E-state index is 12.8. The highest BCUT2D eigenvalue weighted by atomic mass is 16.6. The molecule has 0 radical (unpaired) electrons. The van der Waals surface area contributed by atoms with Crippen molar-refractivity contribution in [2.45, 2.75) is 38.3 Å². The number of benzene rings is 1. The van der Waals surface area contributed by atoms with Gasteiger partial charge < -0.3 is 14.5 Å². The van der Waals surface area contributed by atoms with Crippen LogP contribution in [0.4, 0.5) is 11.4 Å². The molecule has 1 unspecified atom stereocenters. The minimum absolute atomic E-state index is 0.0203. The van der Waals surface area contributed by atoms with Crippen LogP contribution < -0.4 is 9.64 Å². The number of nitro groups is 1. The Morgan fingerprint density at radius 2 is 2.04 bits per heavy atom. The molecule has 2 heterocycles. The monoisotopic (exact) mass is 319 g/mol. The van der Waals surface area contributed by atoms with E-state index >= 15 is 0 Å². The lowest BCUT2D eigenvalue weighted by molar-refractivity contribution is -0.384. The molecule has 1 fully saturated rings. The van der Waals surface area contributed by atoms with Crippen molar-refractivity contribution >= 4 is 17.3 Å². The molecular weight excluding hydrogens is 298 g/mol. The van der Waals surface area contributed by atoms with Crippen molar-refractivity contribution in [1.82, 2.24) is 4.90 Å². The van der Waals surface area contributed by atoms with E-state index in [1.807, 2.05) is 6.92 Å². The molecule has 2 aliphatic rings. The van der Waals surface area contributed by atoms with Gasteiger partial charge in [0.2, 0.25) is 0 Å². The molecule has 2 aliphatic heterocycles. The molecule has 0 saturated carbocycles. The van der Waals surface area contributed by atoms with Crippen molar-refractivity contribution in [3.8, 4) is 5.75 Å². The van der Waals surface area contributed by atoms with Gasteiger partial charge in [-0.3, -0.25) is 14.9 Å². The summed E-state index contributed by atoms with van der Waals surface area (Å²) in [5.41, 5.74) is 0.511. The van der Waals surface area contributed by atoms with E-state index in [1.54, 1.807) is 11.0 Å². The number of piperidine rings is 1. The zero-order valence-electron chi connectivity index (χ0n) is 13.4. The number of rotatable bonds is 3. The summed E-state index contributed by atoms with van der Waals surface area (Å²) in [6, 6.07) is 4.55. The van der Waals surface area contributed by atoms with Crippen LogP contribution in [0.15, 0.2) is 18.2 Å². The van der Waals surface area contributed by atoms with Crippen LogP contribution in [0, 0.1) is 10.1 Å². The lowest BCUT2D eigenvalue weighted by Crippen LogP contribution is -2.53. The first-order chi connectivity index (χ1) is 11.0. The molecule has 0 aromatic heterocycles. The van der Waals surface area contributed by atoms with Crippen molar-refractivity contribution in [2.24, 2.45) is 0 Å². The Kier molecular flexibility index (Phi) is 4.21. The summed E-state index contributed by atoms with van der Waals surface area (Å²) in [7, 11) is 2.06. The number of anilines is 1. The summed E-state index contributed by atoms with van der Waals surface area (Å²) in [5.74, 6) is 0.469. The summed E-state index contributed by atoms with van der Waals surface area (Å²) >= 11 is 0. The molecule has 0 N–H and O–H groups in total. The van der Waals surface area contributed by atoms with Crippen molar-refractivity contribution < 1.29 is 14.5 Å². The second-order valence-corrected chi connectivity index (χ2v) is 6.17. The number of carbonyl (C=O) groups is 1. The molecule has 1 aromatic carbocycles. The van der Waals surface area contributed by atoms with Gasteiger partial charge in [0.15, 0.2) is 6.10 Å². The average Bonchev–Trinajstić information content (AvgIpc) is 2.55. The van der Waals surface area contributed by atoms with Crippen LogP contribution in [0.5, 0.6) is 5.75 Å². The predicted molar refractivity (Wildman–Crippen MR) is 85.8 cm³/mol. The highest BCUT2D eigenvalue weighted by molar-refractivity contribution is 6.00. The molecule has 0 bridgehead atoms. The predicted octanol–water partition coefficient (Wildman–Crippen LogP) is 2.19. The van der Waals surface area contributed by atoms with Gasteiger partial charge >= 0.3 is 0 Å². The number of nitro benzene ring substituents is 1. The zero-order valence-corrected chi connectivity index (χ0v) is 13.4. The molecule has 7 heteroatoms. The third kappa shape index (κ3) is 2.88. The Labute approximate surface area is 135 Å². The lowest BCUT2D eigenvalue weighted by atomic mass is 10.00. The van der Waals surface area contributed by atoms with Crippen LogP contribution in [0.2, 0.25) is 0 Å². The number of likely N-dealkylation sites (tertiary alicyclic amines) is 1. The molecule has 1 amide bonds. The van der Waals surface area contributed by atoms with Crippen molar-refractivity contribution in [3.05, 3.63) is 28.3 Å². The van der Waals surface area contributed by atoms with Gasteiger partial charge in [-0.25, -0.2) is 0 Å². The van der Waals surface area contributed by atoms with E-state index < -0.39 is 11.0 Å². The van der Waals surface area contributed by atoms with Gasteiger partial charge in [0, 0.05) is 18.2 Å². The Bertz CT molecular complexity index is 626. The molecular formula is C16H21N3O4. The van der Waals surface area contributed by atoms with Gasteiger partial charge in [0.05, 0.1) is 10.6 Å². The summed E-state index contributed by atoms with van der Waals surface area (Å²) in [4.78, 5) is 27.4. The Balaban J connectivity index is 2.00. The van der Waals surface area contributed by atoms with Gasteiger partial charge in [0.25, 0.3) is 11.6 Å². The van der Waals surface area contributed by atoms with E-state index in [1.165, 1.54) is 12.1 Å². The summed E-state index contributed by atoms with van der Waals surface area (Å²) < 4.78 is 5.75. The fourth-order valence-electron chi connectivity index (χ4n) is 3.27. The number of hydrogen-bond acceptors (Lipinski definition) is 5. The topological polar surface area (TPSA) is 75.9 Å². The molecule has 1 aromatic rings. The maximum absolute atomic E-state index is 12.8. The maximum Gasteiger partial charge on any atom is 0.271 e. The molecule has 124 valence electrons. The van der Waals surface area contributed by atoms with E-state index in [-0.39, 0.29) is 17.6 Å². The van der Waals surface area contributed by atoms with Crippen LogP contribution in [0.1, 0.15) is 26.2 Å². The van der Waals surface area contributed by atoms with Crippen LogP contribution in [0.25, 0.3) is 0 Å². The second-order valence-electron chi connectivity index (χ2n) is 6.17. The third-order valence-corrected chi connectivity index (χ3v) is 4.62. The van der Waals surface area contributed by atoms with Crippen molar-refractivity contribution in [1.29, 1.82) is 0 Å². The van der Waals surface area contributed by atoms with Gasteiger partial charge in [0.1, 0.15) is 5.75 Å². The number of amides is 1. The fraction of sp³-hybridized carbons (Fsp3) is 0.562. The summed E-state index contributed by atoms with van der Waals surface area (Å²) in [5, 5.41) is 11.1. The van der Waals surface area contributed by atoms with Crippen molar-refractivity contribution in [2.75, 3.05) is 25.0 Å². The van der Waals surface area contributed by atoms with Crippen LogP contribution in [-0.2, 0) is 4.79 Å². The van der Waals surface area contributed by atoms with Gasteiger partial charge in [-0.2, -0.15) is 0 Å². The number of nitrogens with zero attached hydrogens (tertiary/aromatic N) is 3. The third-order valence-electron chi connectivity index (χ3n) is 4.62.